The van der Waals surface area contributed by atoms with E-state index in [1.54, 1.807) is 19.2 Å². The van der Waals surface area contributed by atoms with Crippen LogP contribution >= 0.6 is 0 Å². The number of nitriles is 1. The molecule has 134 valence electrons. The number of nitrogens with zero attached hydrogens (tertiary/aromatic N) is 2. The predicted molar refractivity (Wildman–Crippen MR) is 96.3 cm³/mol. The second-order valence-electron chi connectivity index (χ2n) is 6.03. The second kappa shape index (κ2) is 6.50. The van der Waals surface area contributed by atoms with Crippen molar-refractivity contribution < 1.29 is 13.9 Å². The molecule has 2 heterocycles. The van der Waals surface area contributed by atoms with Crippen LogP contribution in [0.1, 0.15) is 17.0 Å². The molecule has 1 unspecified atom stereocenters. The molecule has 6 nitrogen and oxygen atoms in total. The van der Waals surface area contributed by atoms with E-state index in [-0.39, 0.29) is 17.3 Å². The Morgan fingerprint density at radius 1 is 1.26 bits per heavy atom. The highest BCUT2D eigenvalue weighted by Gasteiger charge is 2.35. The molecular formula is C20H15FN4O2. The topological polar surface area (TPSA) is 97.0 Å². The molecular weight excluding hydrogens is 347 g/mol. The number of allylic oxidation sites excluding steroid dienone is 1. The van der Waals surface area contributed by atoms with Crippen molar-refractivity contribution in [1.29, 1.82) is 5.26 Å². The smallest absolute Gasteiger partial charge is 0.244 e. The fraction of sp³-hybridized carbons (Fsp3) is 0.100. The minimum atomic E-state index is -0.602. The molecule has 0 spiro atoms. The Morgan fingerprint density at radius 3 is 2.81 bits per heavy atom. The zero-order valence-corrected chi connectivity index (χ0v) is 14.4. The van der Waals surface area contributed by atoms with E-state index in [1.807, 2.05) is 24.3 Å². The fourth-order valence-electron chi connectivity index (χ4n) is 3.26. The molecule has 1 aliphatic rings. The highest BCUT2D eigenvalue weighted by atomic mass is 19.1. The Balaban J connectivity index is 1.95. The Morgan fingerprint density at radius 2 is 2.07 bits per heavy atom. The quantitative estimate of drug-likeness (QED) is 0.744. The molecule has 4 rings (SSSR count). The number of halogens is 1. The van der Waals surface area contributed by atoms with Gasteiger partial charge in [0.15, 0.2) is 0 Å². The number of rotatable bonds is 3. The molecule has 0 bridgehead atoms. The zero-order chi connectivity index (χ0) is 19.0. The molecule has 27 heavy (non-hydrogen) atoms. The van der Waals surface area contributed by atoms with Crippen molar-refractivity contribution in [3.8, 4) is 29.0 Å². The molecule has 0 radical (unpaired) electrons. The summed E-state index contributed by atoms with van der Waals surface area (Å²) < 4.78 is 24.7. The molecule has 0 amide bonds. The number of nitrogens with two attached hydrogens (primary N) is 1. The highest BCUT2D eigenvalue weighted by molar-refractivity contribution is 5.71. The molecule has 1 atom stereocenters. The largest absolute Gasteiger partial charge is 0.497 e. The summed E-state index contributed by atoms with van der Waals surface area (Å²) >= 11 is 0. The van der Waals surface area contributed by atoms with Crippen LogP contribution in [0.2, 0.25) is 0 Å². The first-order chi connectivity index (χ1) is 13.1. The van der Waals surface area contributed by atoms with E-state index in [0.29, 0.717) is 22.6 Å². The number of nitrogens with one attached hydrogen (secondary N) is 1. The SMILES string of the molecule is COc1cccc(-c2[nH]nc3c2C(c2cccc(F)c2)C(C#N)=C(N)O3)c1. The van der Waals surface area contributed by atoms with Gasteiger partial charge in [0.05, 0.1) is 24.3 Å². The number of hydrogen-bond donors (Lipinski definition) is 2. The molecule has 2 aromatic carbocycles. The lowest BCUT2D eigenvalue weighted by molar-refractivity contribution is 0.379. The average Bonchev–Trinajstić information content (AvgIpc) is 3.10. The highest BCUT2D eigenvalue weighted by Crippen LogP contribution is 2.45. The molecule has 0 saturated carbocycles. The first-order valence-corrected chi connectivity index (χ1v) is 8.18. The maximum absolute atomic E-state index is 13.9. The molecule has 0 fully saturated rings. The standard InChI is InChI=1S/C20H15FN4O2/c1-26-14-7-3-5-12(9-14)18-17-16(11-4-2-6-13(21)8-11)15(10-22)19(23)27-20(17)25-24-18/h2-9,16H,23H2,1H3,(H,24,25). The summed E-state index contributed by atoms with van der Waals surface area (Å²) in [6, 6.07) is 15.6. The summed E-state index contributed by atoms with van der Waals surface area (Å²) in [5.74, 6) is -0.107. The first kappa shape index (κ1) is 16.7. The second-order valence-corrected chi connectivity index (χ2v) is 6.03. The Hall–Kier alpha value is -3.79. The van der Waals surface area contributed by atoms with E-state index >= 15 is 0 Å². The lowest BCUT2D eigenvalue weighted by atomic mass is 9.83. The molecule has 3 aromatic rings. The third kappa shape index (κ3) is 2.77. The van der Waals surface area contributed by atoms with Crippen molar-refractivity contribution in [3.05, 3.63) is 76.9 Å². The van der Waals surface area contributed by atoms with E-state index in [0.717, 1.165) is 5.56 Å². The summed E-state index contributed by atoms with van der Waals surface area (Å²) in [7, 11) is 1.58. The molecule has 7 heteroatoms. The van der Waals surface area contributed by atoms with Gasteiger partial charge in [0.1, 0.15) is 23.2 Å². The van der Waals surface area contributed by atoms with Crippen LogP contribution in [0.25, 0.3) is 11.3 Å². The summed E-state index contributed by atoms with van der Waals surface area (Å²) in [6.45, 7) is 0. The van der Waals surface area contributed by atoms with Crippen LogP contribution in [0.5, 0.6) is 11.6 Å². The van der Waals surface area contributed by atoms with Gasteiger partial charge >= 0.3 is 0 Å². The Kier molecular flexibility index (Phi) is 4.01. The molecule has 0 aliphatic carbocycles. The molecule has 3 N–H and O–H groups in total. The van der Waals surface area contributed by atoms with Crippen molar-refractivity contribution >= 4 is 0 Å². The van der Waals surface area contributed by atoms with Crippen LogP contribution in [0, 0.1) is 17.1 Å². The van der Waals surface area contributed by atoms with E-state index in [1.165, 1.54) is 12.1 Å². The Labute approximate surface area is 154 Å². The predicted octanol–water partition coefficient (Wildman–Crippen LogP) is 3.44. The minimum Gasteiger partial charge on any atom is -0.497 e. The van der Waals surface area contributed by atoms with Crippen molar-refractivity contribution in [2.45, 2.75) is 5.92 Å². The number of aromatic nitrogens is 2. The normalized spacial score (nSPS) is 15.7. The molecule has 0 saturated heterocycles. The third-order valence-corrected chi connectivity index (χ3v) is 4.48. The summed E-state index contributed by atoms with van der Waals surface area (Å²) in [5, 5.41) is 16.8. The van der Waals surface area contributed by atoms with Crippen molar-refractivity contribution in [2.24, 2.45) is 5.73 Å². The number of fused-ring (bicyclic) bond motifs is 1. The lowest BCUT2D eigenvalue weighted by Crippen LogP contribution is -2.21. The van der Waals surface area contributed by atoms with Gasteiger partial charge in [-0.3, -0.25) is 5.10 Å². The number of hydrogen-bond acceptors (Lipinski definition) is 5. The van der Waals surface area contributed by atoms with Gasteiger partial charge in [-0.25, -0.2) is 4.39 Å². The van der Waals surface area contributed by atoms with Gasteiger partial charge < -0.3 is 15.2 Å². The van der Waals surface area contributed by atoms with Gasteiger partial charge in [0.2, 0.25) is 11.8 Å². The van der Waals surface area contributed by atoms with Crippen molar-refractivity contribution in [2.75, 3.05) is 7.11 Å². The van der Waals surface area contributed by atoms with Gasteiger partial charge in [-0.1, -0.05) is 24.3 Å². The van der Waals surface area contributed by atoms with Gasteiger partial charge in [0, 0.05) is 5.56 Å². The van der Waals surface area contributed by atoms with Gasteiger partial charge in [-0.15, -0.1) is 5.10 Å². The van der Waals surface area contributed by atoms with Gasteiger partial charge in [-0.05, 0) is 29.8 Å². The monoisotopic (exact) mass is 362 g/mol. The van der Waals surface area contributed by atoms with Crippen molar-refractivity contribution in [1.82, 2.24) is 10.2 Å². The summed E-state index contributed by atoms with van der Waals surface area (Å²) in [5.41, 5.74) is 8.80. The maximum atomic E-state index is 13.9. The van der Waals surface area contributed by atoms with Crippen LogP contribution in [-0.2, 0) is 0 Å². The van der Waals surface area contributed by atoms with Crippen LogP contribution in [0.15, 0.2) is 60.0 Å². The summed E-state index contributed by atoms with van der Waals surface area (Å²) in [6.07, 6.45) is 0. The van der Waals surface area contributed by atoms with Gasteiger partial charge in [-0.2, -0.15) is 5.26 Å². The van der Waals surface area contributed by atoms with Crippen LogP contribution < -0.4 is 15.2 Å². The number of aromatic amines is 1. The average molecular weight is 362 g/mol. The fourth-order valence-corrected chi connectivity index (χ4v) is 3.26. The number of methoxy groups -OCH3 is 1. The van der Waals surface area contributed by atoms with E-state index in [9.17, 15) is 9.65 Å². The first-order valence-electron chi connectivity index (χ1n) is 8.18. The Bertz CT molecular complexity index is 1100. The number of H-pyrrole nitrogens is 1. The number of benzene rings is 2. The minimum absolute atomic E-state index is 0.0389. The van der Waals surface area contributed by atoms with E-state index in [2.05, 4.69) is 16.3 Å². The lowest BCUT2D eigenvalue weighted by Gasteiger charge is -2.24. The molecule has 1 aromatic heterocycles. The van der Waals surface area contributed by atoms with Crippen molar-refractivity contribution in [3.63, 3.8) is 0 Å². The van der Waals surface area contributed by atoms with Crippen LogP contribution in [0.4, 0.5) is 4.39 Å². The third-order valence-electron chi connectivity index (χ3n) is 4.48. The van der Waals surface area contributed by atoms with E-state index in [4.69, 9.17) is 15.2 Å². The maximum Gasteiger partial charge on any atom is 0.244 e. The van der Waals surface area contributed by atoms with Crippen LogP contribution in [-0.4, -0.2) is 17.3 Å². The molecule has 1 aliphatic heterocycles. The number of ether oxygens (including phenoxy) is 2. The van der Waals surface area contributed by atoms with Gasteiger partial charge in [0.25, 0.3) is 0 Å². The van der Waals surface area contributed by atoms with E-state index < -0.39 is 11.7 Å². The summed E-state index contributed by atoms with van der Waals surface area (Å²) in [4.78, 5) is 0. The van der Waals surface area contributed by atoms with Crippen LogP contribution in [0.3, 0.4) is 0 Å². The zero-order valence-electron chi connectivity index (χ0n) is 14.4.